The lowest BCUT2D eigenvalue weighted by atomic mass is 10.0. The predicted octanol–water partition coefficient (Wildman–Crippen LogP) is 4.44. The lowest BCUT2D eigenvalue weighted by Crippen LogP contribution is -2.29. The molecule has 24 heavy (non-hydrogen) atoms. The van der Waals surface area contributed by atoms with Gasteiger partial charge in [-0.1, -0.05) is 41.4 Å². The standard InChI is InChI=1S/C18H17ClN2O3/c1-11-2-4-12(5-3-11)17(13-6-7-13)20-18(22)14-8-9-15(19)16(10-14)21(23)24/h2-5,8-10,13,17H,6-7H2,1H3,(H,20,22)/t17-/m0/s1. The van der Waals surface area contributed by atoms with Crippen LogP contribution in [0.2, 0.25) is 5.02 Å². The van der Waals surface area contributed by atoms with E-state index >= 15 is 0 Å². The number of nitrogens with one attached hydrogen (secondary N) is 1. The van der Waals surface area contributed by atoms with Crippen LogP contribution in [0.25, 0.3) is 0 Å². The van der Waals surface area contributed by atoms with Crippen LogP contribution in [0.4, 0.5) is 5.69 Å². The van der Waals surface area contributed by atoms with Crippen molar-refractivity contribution < 1.29 is 9.72 Å². The summed E-state index contributed by atoms with van der Waals surface area (Å²) in [5.41, 5.74) is 2.19. The summed E-state index contributed by atoms with van der Waals surface area (Å²) in [6.45, 7) is 2.02. The summed E-state index contributed by atoms with van der Waals surface area (Å²) >= 11 is 5.80. The van der Waals surface area contributed by atoms with Gasteiger partial charge >= 0.3 is 0 Å². The number of amides is 1. The Bertz CT molecular complexity index is 785. The fourth-order valence-corrected chi connectivity index (χ4v) is 2.88. The minimum absolute atomic E-state index is 0.0221. The first-order valence-electron chi connectivity index (χ1n) is 7.77. The van der Waals surface area contributed by atoms with Gasteiger partial charge in [-0.3, -0.25) is 14.9 Å². The number of rotatable bonds is 5. The Morgan fingerprint density at radius 3 is 2.50 bits per heavy atom. The molecule has 1 atom stereocenters. The van der Waals surface area contributed by atoms with Crippen LogP contribution in [0.5, 0.6) is 0 Å². The second-order valence-electron chi connectivity index (χ2n) is 6.12. The highest BCUT2D eigenvalue weighted by Gasteiger charge is 2.33. The van der Waals surface area contributed by atoms with Crippen LogP contribution in [0, 0.1) is 23.0 Å². The van der Waals surface area contributed by atoms with Crippen LogP contribution in [-0.2, 0) is 0 Å². The topological polar surface area (TPSA) is 72.2 Å². The molecule has 0 unspecified atom stereocenters. The summed E-state index contributed by atoms with van der Waals surface area (Å²) in [4.78, 5) is 22.9. The second kappa shape index (κ2) is 6.61. The van der Waals surface area contributed by atoms with Crippen molar-refractivity contribution in [2.24, 2.45) is 5.92 Å². The van der Waals surface area contributed by atoms with Gasteiger partial charge in [0.25, 0.3) is 11.6 Å². The van der Waals surface area contributed by atoms with Crippen LogP contribution in [0.1, 0.15) is 40.4 Å². The van der Waals surface area contributed by atoms with E-state index in [1.54, 1.807) is 0 Å². The molecule has 1 saturated carbocycles. The number of benzene rings is 2. The minimum Gasteiger partial charge on any atom is -0.345 e. The van der Waals surface area contributed by atoms with Crippen molar-refractivity contribution in [3.05, 3.63) is 74.3 Å². The maximum atomic E-state index is 12.5. The van der Waals surface area contributed by atoms with E-state index in [2.05, 4.69) is 5.32 Å². The zero-order valence-electron chi connectivity index (χ0n) is 13.2. The predicted molar refractivity (Wildman–Crippen MR) is 92.2 cm³/mol. The number of halogens is 1. The second-order valence-corrected chi connectivity index (χ2v) is 6.53. The zero-order chi connectivity index (χ0) is 17.3. The Kier molecular flexibility index (Phi) is 4.53. The molecule has 1 fully saturated rings. The highest BCUT2D eigenvalue weighted by molar-refractivity contribution is 6.32. The highest BCUT2D eigenvalue weighted by Crippen LogP contribution is 2.41. The maximum Gasteiger partial charge on any atom is 0.288 e. The van der Waals surface area contributed by atoms with Gasteiger partial charge in [-0.25, -0.2) is 0 Å². The Morgan fingerprint density at radius 1 is 1.25 bits per heavy atom. The van der Waals surface area contributed by atoms with Gasteiger partial charge in [-0.15, -0.1) is 0 Å². The summed E-state index contributed by atoms with van der Waals surface area (Å²) in [6.07, 6.45) is 2.14. The number of carbonyl (C=O) groups is 1. The third kappa shape index (κ3) is 3.57. The van der Waals surface area contributed by atoms with E-state index in [9.17, 15) is 14.9 Å². The van der Waals surface area contributed by atoms with E-state index in [1.165, 1.54) is 18.2 Å². The molecule has 2 aromatic carbocycles. The van der Waals surface area contributed by atoms with Gasteiger partial charge in [0, 0.05) is 11.6 Å². The molecule has 0 bridgehead atoms. The van der Waals surface area contributed by atoms with Crippen molar-refractivity contribution in [1.29, 1.82) is 0 Å². The molecular formula is C18H17ClN2O3. The van der Waals surface area contributed by atoms with E-state index < -0.39 is 4.92 Å². The fourth-order valence-electron chi connectivity index (χ4n) is 2.70. The molecule has 0 aromatic heterocycles. The summed E-state index contributed by atoms with van der Waals surface area (Å²) < 4.78 is 0. The van der Waals surface area contributed by atoms with Crippen molar-refractivity contribution in [3.8, 4) is 0 Å². The van der Waals surface area contributed by atoms with E-state index in [0.29, 0.717) is 5.92 Å². The molecule has 0 saturated heterocycles. The number of hydrogen-bond donors (Lipinski definition) is 1. The lowest BCUT2D eigenvalue weighted by Gasteiger charge is -2.19. The zero-order valence-corrected chi connectivity index (χ0v) is 13.9. The summed E-state index contributed by atoms with van der Waals surface area (Å²) in [5.74, 6) is 0.0891. The molecule has 1 amide bonds. The van der Waals surface area contributed by atoms with Gasteiger partial charge in [-0.2, -0.15) is 0 Å². The lowest BCUT2D eigenvalue weighted by molar-refractivity contribution is -0.384. The summed E-state index contributed by atoms with van der Waals surface area (Å²) in [6, 6.07) is 12.1. The van der Waals surface area contributed by atoms with Crippen molar-refractivity contribution in [2.45, 2.75) is 25.8 Å². The van der Waals surface area contributed by atoms with Crippen molar-refractivity contribution in [1.82, 2.24) is 5.32 Å². The summed E-state index contributed by atoms with van der Waals surface area (Å²) in [7, 11) is 0. The number of nitro groups is 1. The molecule has 1 N–H and O–H groups in total. The van der Waals surface area contributed by atoms with E-state index in [4.69, 9.17) is 11.6 Å². The van der Waals surface area contributed by atoms with Gasteiger partial charge in [0.2, 0.25) is 0 Å². The Hall–Kier alpha value is -2.40. The molecule has 124 valence electrons. The Balaban J connectivity index is 1.83. The summed E-state index contributed by atoms with van der Waals surface area (Å²) in [5, 5.41) is 14.0. The van der Waals surface area contributed by atoms with Crippen LogP contribution in [0.15, 0.2) is 42.5 Å². The van der Waals surface area contributed by atoms with Gasteiger partial charge in [0.15, 0.2) is 0 Å². The van der Waals surface area contributed by atoms with Crippen LogP contribution >= 0.6 is 11.6 Å². The van der Waals surface area contributed by atoms with Crippen molar-refractivity contribution >= 4 is 23.2 Å². The number of nitrogens with zero attached hydrogens (tertiary/aromatic N) is 1. The smallest absolute Gasteiger partial charge is 0.288 e. The molecule has 1 aliphatic carbocycles. The van der Waals surface area contributed by atoms with Gasteiger partial charge in [-0.05, 0) is 43.4 Å². The molecule has 2 aromatic rings. The third-order valence-corrected chi connectivity index (χ3v) is 4.54. The molecule has 3 rings (SSSR count). The third-order valence-electron chi connectivity index (χ3n) is 4.22. The van der Waals surface area contributed by atoms with Gasteiger partial charge in [0.05, 0.1) is 11.0 Å². The molecule has 5 nitrogen and oxygen atoms in total. The first-order valence-corrected chi connectivity index (χ1v) is 8.15. The number of hydrogen-bond acceptors (Lipinski definition) is 3. The van der Waals surface area contributed by atoms with Crippen molar-refractivity contribution in [2.75, 3.05) is 0 Å². The van der Waals surface area contributed by atoms with Gasteiger partial charge in [0.1, 0.15) is 5.02 Å². The largest absolute Gasteiger partial charge is 0.345 e. The number of aryl methyl sites for hydroxylation is 1. The molecule has 0 heterocycles. The van der Waals surface area contributed by atoms with Crippen LogP contribution in [0.3, 0.4) is 0 Å². The maximum absolute atomic E-state index is 12.5. The van der Waals surface area contributed by atoms with Crippen molar-refractivity contribution in [3.63, 3.8) is 0 Å². The van der Waals surface area contributed by atoms with Crippen LogP contribution < -0.4 is 5.32 Å². The van der Waals surface area contributed by atoms with Gasteiger partial charge < -0.3 is 5.32 Å². The monoisotopic (exact) mass is 344 g/mol. The highest BCUT2D eigenvalue weighted by atomic mass is 35.5. The average molecular weight is 345 g/mol. The van der Waals surface area contributed by atoms with Crippen LogP contribution in [-0.4, -0.2) is 10.8 Å². The molecule has 0 aliphatic heterocycles. The molecular weight excluding hydrogens is 328 g/mol. The average Bonchev–Trinajstić information content (AvgIpc) is 3.38. The normalized spacial score (nSPS) is 14.9. The SMILES string of the molecule is Cc1ccc([C@H](NC(=O)c2ccc(Cl)c([N+](=O)[O-])c2)C2CC2)cc1. The first-order chi connectivity index (χ1) is 11.5. The van der Waals surface area contributed by atoms with E-state index in [-0.39, 0.29) is 28.2 Å². The minimum atomic E-state index is -0.586. The molecule has 6 heteroatoms. The quantitative estimate of drug-likeness (QED) is 0.643. The molecule has 1 aliphatic rings. The first kappa shape index (κ1) is 16.5. The number of nitro benzene ring substituents is 1. The Morgan fingerprint density at radius 2 is 1.92 bits per heavy atom. The fraction of sp³-hybridized carbons (Fsp3) is 0.278. The number of carbonyl (C=O) groups excluding carboxylic acids is 1. The molecule has 0 spiro atoms. The molecule has 0 radical (unpaired) electrons. The van der Waals surface area contributed by atoms with E-state index in [0.717, 1.165) is 24.0 Å². The Labute approximate surface area is 144 Å². The van der Waals surface area contributed by atoms with E-state index in [1.807, 2.05) is 31.2 Å².